The Balaban J connectivity index is 3.30. The Labute approximate surface area is 70.6 Å². The van der Waals surface area contributed by atoms with E-state index in [0.29, 0.717) is 0 Å². The molecule has 0 saturated carbocycles. The number of carbonyl (C=O) groups is 2. The Morgan fingerprint density at radius 2 is 1.75 bits per heavy atom. The van der Waals surface area contributed by atoms with Crippen molar-refractivity contribution in [2.45, 2.75) is 20.3 Å². The van der Waals surface area contributed by atoms with Gasteiger partial charge in [-0.25, -0.2) is 4.79 Å². The van der Waals surface area contributed by atoms with Crippen molar-refractivity contribution >= 4 is 12.1 Å². The summed E-state index contributed by atoms with van der Waals surface area (Å²) >= 11 is 0. The molecule has 0 aromatic heterocycles. The van der Waals surface area contributed by atoms with Gasteiger partial charge in [-0.05, 0) is 6.92 Å². The second kappa shape index (κ2) is 6.45. The molecule has 0 rings (SSSR count). The lowest BCUT2D eigenvalue weighted by molar-refractivity contribution is -0.152. The maximum absolute atomic E-state index is 10.5. The predicted molar refractivity (Wildman–Crippen MR) is 39.4 cm³/mol. The van der Waals surface area contributed by atoms with Crippen molar-refractivity contribution in [3.8, 4) is 0 Å². The minimum atomic E-state index is -0.832. The Morgan fingerprint density at radius 1 is 1.08 bits per heavy atom. The zero-order chi connectivity index (χ0) is 9.40. The van der Waals surface area contributed by atoms with Gasteiger partial charge in [0.1, 0.15) is 0 Å². The van der Waals surface area contributed by atoms with E-state index in [1.165, 1.54) is 0 Å². The van der Waals surface area contributed by atoms with E-state index in [4.69, 9.17) is 0 Å². The number of carbonyl (C=O) groups excluding carboxylic acids is 2. The average molecular weight is 176 g/mol. The van der Waals surface area contributed by atoms with Gasteiger partial charge in [0.25, 0.3) is 0 Å². The highest BCUT2D eigenvalue weighted by Crippen LogP contribution is 1.88. The molecule has 0 unspecified atom stereocenters. The number of esters is 1. The van der Waals surface area contributed by atoms with Crippen LogP contribution in [0.3, 0.4) is 0 Å². The molecule has 70 valence electrons. The first kappa shape index (κ1) is 10.7. The van der Waals surface area contributed by atoms with Crippen molar-refractivity contribution in [3.63, 3.8) is 0 Å². The Morgan fingerprint density at radius 3 is 2.25 bits per heavy atom. The van der Waals surface area contributed by atoms with E-state index in [1.807, 2.05) is 0 Å². The molecule has 0 spiro atoms. The van der Waals surface area contributed by atoms with Crippen LogP contribution in [0.2, 0.25) is 0 Å². The third kappa shape index (κ3) is 5.52. The molecular formula is C7H12O5. The molecular weight excluding hydrogens is 164 g/mol. The Kier molecular flexibility index (Phi) is 5.77. The predicted octanol–water partition coefficient (Wildman–Crippen LogP) is 1.07. The Hall–Kier alpha value is -1.26. The van der Waals surface area contributed by atoms with Crippen molar-refractivity contribution in [1.82, 2.24) is 0 Å². The van der Waals surface area contributed by atoms with Gasteiger partial charge in [0.2, 0.25) is 6.79 Å². The molecule has 0 amide bonds. The zero-order valence-electron chi connectivity index (χ0n) is 7.16. The van der Waals surface area contributed by atoms with E-state index >= 15 is 0 Å². The van der Waals surface area contributed by atoms with E-state index < -0.39 is 12.1 Å². The number of ether oxygens (including phenoxy) is 3. The molecule has 0 radical (unpaired) electrons. The largest absolute Gasteiger partial charge is 0.511 e. The molecule has 0 aliphatic carbocycles. The first-order valence-corrected chi connectivity index (χ1v) is 3.65. The maximum atomic E-state index is 10.5. The molecule has 0 heterocycles. The molecule has 0 N–H and O–H groups in total. The molecule has 0 atom stereocenters. The van der Waals surface area contributed by atoms with Crippen molar-refractivity contribution in [2.24, 2.45) is 0 Å². The summed E-state index contributed by atoms with van der Waals surface area (Å²) in [5, 5.41) is 0. The lowest BCUT2D eigenvalue weighted by Crippen LogP contribution is -2.12. The first-order valence-electron chi connectivity index (χ1n) is 3.65. The minimum absolute atomic E-state index is 0.237. The fourth-order valence-electron chi connectivity index (χ4n) is 0.405. The fourth-order valence-corrected chi connectivity index (χ4v) is 0.405. The van der Waals surface area contributed by atoms with Crippen molar-refractivity contribution in [1.29, 1.82) is 0 Å². The zero-order valence-corrected chi connectivity index (χ0v) is 7.16. The van der Waals surface area contributed by atoms with E-state index in [0.717, 1.165) is 0 Å². The molecule has 0 fully saturated rings. The molecule has 0 bridgehead atoms. The van der Waals surface area contributed by atoms with Crippen LogP contribution in [0.4, 0.5) is 4.79 Å². The molecule has 0 aromatic carbocycles. The van der Waals surface area contributed by atoms with E-state index in [-0.39, 0.29) is 19.8 Å². The van der Waals surface area contributed by atoms with Gasteiger partial charge in [0.05, 0.1) is 6.61 Å². The summed E-state index contributed by atoms with van der Waals surface area (Å²) in [4.78, 5) is 21.0. The van der Waals surface area contributed by atoms with Crippen LogP contribution in [0.25, 0.3) is 0 Å². The van der Waals surface area contributed by atoms with Gasteiger partial charge in [0, 0.05) is 6.42 Å². The van der Waals surface area contributed by atoms with Crippen molar-refractivity contribution < 1.29 is 23.8 Å². The highest BCUT2D eigenvalue weighted by Gasteiger charge is 2.03. The number of rotatable bonds is 4. The summed E-state index contributed by atoms with van der Waals surface area (Å²) in [5.41, 5.74) is 0. The van der Waals surface area contributed by atoms with Crippen LogP contribution in [0.5, 0.6) is 0 Å². The number of hydrogen-bond acceptors (Lipinski definition) is 5. The summed E-state index contributed by atoms with van der Waals surface area (Å²) in [7, 11) is 0. The molecule has 12 heavy (non-hydrogen) atoms. The third-order valence-electron chi connectivity index (χ3n) is 0.948. The monoisotopic (exact) mass is 176 g/mol. The normalized spacial score (nSPS) is 8.83. The van der Waals surface area contributed by atoms with Crippen LogP contribution in [-0.4, -0.2) is 25.5 Å². The maximum Gasteiger partial charge on any atom is 0.511 e. The van der Waals surface area contributed by atoms with Gasteiger partial charge in [-0.2, -0.15) is 0 Å². The van der Waals surface area contributed by atoms with Crippen LogP contribution < -0.4 is 0 Å². The second-order valence-electron chi connectivity index (χ2n) is 1.82. The van der Waals surface area contributed by atoms with E-state index in [9.17, 15) is 9.59 Å². The summed E-state index contributed by atoms with van der Waals surface area (Å²) in [6, 6.07) is 0. The van der Waals surface area contributed by atoms with Crippen molar-refractivity contribution in [3.05, 3.63) is 0 Å². The summed E-state index contributed by atoms with van der Waals surface area (Å²) in [5.74, 6) is -0.417. The second-order valence-corrected chi connectivity index (χ2v) is 1.82. The van der Waals surface area contributed by atoms with Crippen LogP contribution >= 0.6 is 0 Å². The Bertz CT molecular complexity index is 154. The van der Waals surface area contributed by atoms with Crippen LogP contribution in [0.15, 0.2) is 0 Å². The van der Waals surface area contributed by atoms with Crippen LogP contribution in [-0.2, 0) is 19.0 Å². The molecule has 0 aliphatic heterocycles. The van der Waals surface area contributed by atoms with E-state index in [1.54, 1.807) is 13.8 Å². The average Bonchev–Trinajstić information content (AvgIpc) is 2.04. The lowest BCUT2D eigenvalue weighted by atomic mass is 10.5. The van der Waals surface area contributed by atoms with Gasteiger partial charge >= 0.3 is 12.1 Å². The van der Waals surface area contributed by atoms with Gasteiger partial charge in [0.15, 0.2) is 0 Å². The summed E-state index contributed by atoms with van der Waals surface area (Å²) < 4.78 is 13.2. The molecule has 0 saturated heterocycles. The fraction of sp³-hybridized carbons (Fsp3) is 0.714. The lowest BCUT2D eigenvalue weighted by Gasteiger charge is -2.04. The molecule has 5 nitrogen and oxygen atoms in total. The first-order chi connectivity index (χ1) is 5.70. The molecule has 0 aliphatic rings. The molecule has 5 heteroatoms. The van der Waals surface area contributed by atoms with Gasteiger partial charge < -0.3 is 14.2 Å². The smallest absolute Gasteiger partial charge is 0.435 e. The summed E-state index contributed by atoms with van der Waals surface area (Å²) in [6.07, 6.45) is -0.576. The standard InChI is InChI=1S/C7H12O5/c1-3-6(8)11-5-12-7(9)10-4-2/h3-5H2,1-2H3. The summed E-state index contributed by atoms with van der Waals surface area (Å²) in [6.45, 7) is 3.15. The molecule has 0 aromatic rings. The van der Waals surface area contributed by atoms with Gasteiger partial charge in [-0.15, -0.1) is 0 Å². The van der Waals surface area contributed by atoms with Crippen LogP contribution in [0.1, 0.15) is 20.3 Å². The third-order valence-corrected chi connectivity index (χ3v) is 0.948. The van der Waals surface area contributed by atoms with Gasteiger partial charge in [-0.1, -0.05) is 6.92 Å². The van der Waals surface area contributed by atoms with Crippen LogP contribution in [0, 0.1) is 0 Å². The van der Waals surface area contributed by atoms with E-state index in [2.05, 4.69) is 14.2 Å². The number of hydrogen-bond donors (Lipinski definition) is 0. The topological polar surface area (TPSA) is 61.8 Å². The highest BCUT2D eigenvalue weighted by molar-refractivity contribution is 5.69. The highest BCUT2D eigenvalue weighted by atomic mass is 16.8. The SMILES string of the molecule is CCOC(=O)OCOC(=O)CC. The quantitative estimate of drug-likeness (QED) is 0.473. The minimum Gasteiger partial charge on any atom is -0.435 e. The van der Waals surface area contributed by atoms with Gasteiger partial charge in [-0.3, -0.25) is 4.79 Å². The van der Waals surface area contributed by atoms with Crippen molar-refractivity contribution in [2.75, 3.05) is 13.4 Å².